The second-order valence-electron chi connectivity index (χ2n) is 17.9. The van der Waals surface area contributed by atoms with Gasteiger partial charge in [0.2, 0.25) is 0 Å². The van der Waals surface area contributed by atoms with Gasteiger partial charge in [0.05, 0.1) is 5.41 Å². The van der Waals surface area contributed by atoms with Crippen LogP contribution in [0.5, 0.6) is 0 Å². The lowest BCUT2D eigenvalue weighted by molar-refractivity contribution is 0.353. The molecule has 1 spiro atoms. The van der Waals surface area contributed by atoms with Crippen molar-refractivity contribution in [1.29, 1.82) is 0 Å². The van der Waals surface area contributed by atoms with Gasteiger partial charge in [-0.25, -0.2) is 15.0 Å². The van der Waals surface area contributed by atoms with Gasteiger partial charge in [-0.05, 0) is 109 Å². The molecule has 3 nitrogen and oxygen atoms in total. The molecule has 13 rings (SSSR count). The fraction of sp³-hybridized carbons (Fsp3) is 0.109. The number of hydrogen-bond acceptors (Lipinski definition) is 3. The van der Waals surface area contributed by atoms with Gasteiger partial charge in [0.15, 0.2) is 17.5 Å². The van der Waals surface area contributed by atoms with Crippen molar-refractivity contribution >= 4 is 0 Å². The molecule has 3 aliphatic rings. The first-order valence-electron chi connectivity index (χ1n) is 25.3. The molecule has 1 saturated carbocycles. The Bertz CT molecular complexity index is 3620. The number of rotatable bonds is 7. The van der Waals surface area contributed by atoms with E-state index in [2.05, 4.69) is 164 Å². The van der Waals surface area contributed by atoms with Crippen LogP contribution < -0.4 is 0 Å². The molecule has 0 radical (unpaired) electrons. The maximum Gasteiger partial charge on any atom is 0.164 e. The van der Waals surface area contributed by atoms with Gasteiger partial charge in [0.1, 0.15) is 0 Å². The van der Waals surface area contributed by atoms with Crippen molar-refractivity contribution in [2.24, 2.45) is 0 Å². The first-order valence-corrected chi connectivity index (χ1v) is 23.3. The van der Waals surface area contributed by atoms with Crippen LogP contribution in [0, 0.1) is 0 Å². The quantitative estimate of drug-likeness (QED) is 0.160. The highest BCUT2D eigenvalue weighted by Gasteiger charge is 2.47. The Morgan fingerprint density at radius 2 is 0.672 bits per heavy atom. The molecule has 1 heterocycles. The van der Waals surface area contributed by atoms with Crippen LogP contribution in [0.3, 0.4) is 0 Å². The molecule has 9 aromatic carbocycles. The first-order chi connectivity index (χ1) is 34.7. The number of fused-ring (bicyclic) bond motifs is 8. The van der Waals surface area contributed by atoms with Gasteiger partial charge in [-0.15, -0.1) is 0 Å². The van der Waals surface area contributed by atoms with E-state index in [-0.39, 0.29) is 0 Å². The van der Waals surface area contributed by atoms with Crippen LogP contribution in [0.1, 0.15) is 70.9 Å². The predicted molar refractivity (Wildman–Crippen MR) is 274 cm³/mol. The number of aromatic nitrogens is 3. The van der Waals surface area contributed by atoms with Crippen LogP contribution in [-0.2, 0) is 10.8 Å². The summed E-state index contributed by atoms with van der Waals surface area (Å²) in [5.74, 6) is 1.76. The van der Waals surface area contributed by atoms with E-state index < -0.39 is 23.6 Å². The van der Waals surface area contributed by atoms with E-state index in [0.29, 0.717) is 36.7 Å². The molecule has 1 aromatic heterocycles. The zero-order chi connectivity index (χ0) is 48.0. The lowest BCUT2D eigenvalue weighted by atomic mass is 9.67. The highest BCUT2D eigenvalue weighted by Crippen LogP contribution is 2.59. The van der Waals surface area contributed by atoms with Crippen molar-refractivity contribution in [3.8, 4) is 78.7 Å². The van der Waals surface area contributed by atoms with Gasteiger partial charge in [-0.1, -0.05) is 226 Å². The Labute approximate surface area is 398 Å². The maximum absolute atomic E-state index is 9.62. The topological polar surface area (TPSA) is 38.7 Å². The van der Waals surface area contributed by atoms with Crippen LogP contribution >= 0.6 is 0 Å². The number of benzene rings is 9. The van der Waals surface area contributed by atoms with Gasteiger partial charge in [0, 0.05) is 27.6 Å². The Morgan fingerprint density at radius 1 is 0.299 bits per heavy atom. The number of hydrogen-bond donors (Lipinski definition) is 0. The highest BCUT2D eigenvalue weighted by atomic mass is 15.0. The van der Waals surface area contributed by atoms with Crippen LogP contribution in [0.4, 0.5) is 0 Å². The van der Waals surface area contributed by atoms with Crippen molar-refractivity contribution in [1.82, 2.24) is 15.0 Å². The molecule has 318 valence electrons. The van der Waals surface area contributed by atoms with Gasteiger partial charge in [-0.2, -0.15) is 0 Å². The summed E-state index contributed by atoms with van der Waals surface area (Å²) >= 11 is 0. The minimum atomic E-state index is -1.81. The average molecular weight is 862 g/mol. The third-order valence-corrected chi connectivity index (χ3v) is 14.2. The van der Waals surface area contributed by atoms with Gasteiger partial charge in [-0.3, -0.25) is 0 Å². The molecule has 3 heteroatoms. The zero-order valence-corrected chi connectivity index (χ0v) is 36.8. The smallest absolute Gasteiger partial charge is 0.164 e. The SMILES string of the molecule is [2H]C1([2H])CCCC([2H])([2H])C12c1ccccc1-c1ccc(-c3ccc4c(c3)C(c3ccccc3)(c3ccccc3)c3cc(-c5nc(-c6ccccc6)nc(-c6ccc(-c7ccccc7)cc6)n5)ccc3-4)cc12. The molecule has 1 fully saturated rings. The molecule has 0 atom stereocenters. The van der Waals surface area contributed by atoms with Gasteiger partial charge in [0.25, 0.3) is 0 Å². The van der Waals surface area contributed by atoms with E-state index in [4.69, 9.17) is 15.0 Å². The molecule has 0 bridgehead atoms. The molecular formula is C64H47N3. The monoisotopic (exact) mass is 861 g/mol. The third-order valence-electron chi connectivity index (χ3n) is 14.2. The van der Waals surface area contributed by atoms with Crippen molar-refractivity contribution in [2.75, 3.05) is 0 Å². The molecule has 3 aliphatic carbocycles. The van der Waals surface area contributed by atoms with Crippen LogP contribution in [-0.4, -0.2) is 15.0 Å². The molecule has 0 unspecified atom stereocenters. The van der Waals surface area contributed by atoms with Gasteiger partial charge < -0.3 is 0 Å². The Kier molecular flexibility index (Phi) is 8.35. The van der Waals surface area contributed by atoms with E-state index in [1.54, 1.807) is 0 Å². The van der Waals surface area contributed by atoms with Crippen LogP contribution in [0.15, 0.2) is 224 Å². The summed E-state index contributed by atoms with van der Waals surface area (Å²) in [4.78, 5) is 15.5. The van der Waals surface area contributed by atoms with Crippen molar-refractivity contribution < 1.29 is 5.48 Å². The minimum Gasteiger partial charge on any atom is -0.208 e. The third kappa shape index (κ3) is 6.29. The summed E-state index contributed by atoms with van der Waals surface area (Å²) in [5.41, 5.74) is 14.6. The van der Waals surface area contributed by atoms with E-state index >= 15 is 0 Å². The molecule has 67 heavy (non-hydrogen) atoms. The summed E-state index contributed by atoms with van der Waals surface area (Å²) in [6.07, 6.45) is -2.53. The fourth-order valence-corrected chi connectivity index (χ4v) is 11.1. The summed E-state index contributed by atoms with van der Waals surface area (Å²) in [5, 5.41) is 0. The highest BCUT2D eigenvalue weighted by molar-refractivity contribution is 5.91. The molecule has 0 aliphatic heterocycles. The summed E-state index contributed by atoms with van der Waals surface area (Å²) in [6, 6.07) is 78.0. The average Bonchev–Trinajstić information content (AvgIpc) is 3.90. The van der Waals surface area contributed by atoms with E-state index in [0.717, 1.165) is 94.6 Å². The van der Waals surface area contributed by atoms with E-state index in [1.807, 2.05) is 60.7 Å². The maximum atomic E-state index is 9.62. The zero-order valence-electron chi connectivity index (χ0n) is 40.8. The van der Waals surface area contributed by atoms with Crippen molar-refractivity contribution in [3.05, 3.63) is 258 Å². The first kappa shape index (κ1) is 35.3. The second-order valence-corrected chi connectivity index (χ2v) is 17.9. The molecule has 0 amide bonds. The Morgan fingerprint density at radius 3 is 1.25 bits per heavy atom. The number of nitrogens with zero attached hydrogens (tertiary/aromatic N) is 3. The predicted octanol–water partition coefficient (Wildman–Crippen LogP) is 15.8. The summed E-state index contributed by atoms with van der Waals surface area (Å²) < 4.78 is 38.5. The largest absolute Gasteiger partial charge is 0.208 e. The minimum absolute atomic E-state index is 0.293. The Balaban J connectivity index is 1.00. The normalized spacial score (nSPS) is 17.2. The fourth-order valence-electron chi connectivity index (χ4n) is 11.1. The molecule has 0 N–H and O–H groups in total. The summed E-state index contributed by atoms with van der Waals surface area (Å²) in [7, 11) is 0. The lowest BCUT2D eigenvalue weighted by Gasteiger charge is -2.36. The van der Waals surface area contributed by atoms with E-state index in [1.165, 1.54) is 0 Å². The Hall–Kier alpha value is -8.01. The van der Waals surface area contributed by atoms with Gasteiger partial charge >= 0.3 is 0 Å². The standard InChI is InChI=1S/C64H47N3/c1-6-18-43(19-7-1)44-28-30-46(31-29-44)61-65-60(45-20-8-2-9-21-45)66-62(67-61)49-34-37-55-54-36-33-48(41-58(54)64(59(55)42-49,50-22-10-3-11-23-50)51-24-12-4-13-25-51)47-32-35-53-52-26-14-15-27-56(52)63(57(53)40-47)38-16-5-17-39-63/h1-4,6-15,18-37,40-42H,5,16-17,38-39H2/i38D2,39D2. The van der Waals surface area contributed by atoms with Crippen molar-refractivity contribution in [2.45, 2.75) is 42.8 Å². The second kappa shape index (κ2) is 15.9. The van der Waals surface area contributed by atoms with Crippen molar-refractivity contribution in [3.63, 3.8) is 0 Å². The van der Waals surface area contributed by atoms with E-state index in [9.17, 15) is 5.48 Å². The van der Waals surface area contributed by atoms with Crippen LogP contribution in [0.2, 0.25) is 0 Å². The van der Waals surface area contributed by atoms with Crippen LogP contribution in [0.25, 0.3) is 78.7 Å². The lowest BCUT2D eigenvalue weighted by Crippen LogP contribution is -2.28. The summed E-state index contributed by atoms with van der Waals surface area (Å²) in [6.45, 7) is 0. The molecular weight excluding hydrogens is 811 g/mol. The molecule has 0 saturated heterocycles. The molecule has 10 aromatic rings.